The zero-order chi connectivity index (χ0) is 22.9. The lowest BCUT2D eigenvalue weighted by Crippen LogP contribution is -2.34. The zero-order valence-corrected chi connectivity index (χ0v) is 20.2. The van der Waals surface area contributed by atoms with Crippen LogP contribution < -0.4 is 10.2 Å². The lowest BCUT2D eigenvalue weighted by Gasteiger charge is -2.31. The maximum Gasteiger partial charge on any atom is 0.220 e. The van der Waals surface area contributed by atoms with E-state index in [1.54, 1.807) is 6.92 Å². The van der Waals surface area contributed by atoms with E-state index in [9.17, 15) is 4.79 Å². The smallest absolute Gasteiger partial charge is 0.220 e. The standard InChI is InChI=1S/C26H36N6O/c1-18-15-21(31-11-4-5-12-31)9-8-20(18)16-30-14-10-22-23(17-30)28-26(29-25(22)27-3)24-7-6-13-32(24)19(2)33/h8-9,15,24H,4-7,10-14,16-17H2,1-3H3,(H,27,28,29). The second-order valence-corrected chi connectivity index (χ2v) is 9.74. The lowest BCUT2D eigenvalue weighted by molar-refractivity contribution is -0.129. The first-order chi connectivity index (χ1) is 16.0. The number of benzene rings is 1. The number of aromatic nitrogens is 2. The van der Waals surface area contributed by atoms with Gasteiger partial charge in [-0.15, -0.1) is 0 Å². The van der Waals surface area contributed by atoms with Crippen molar-refractivity contribution in [2.24, 2.45) is 0 Å². The molecule has 33 heavy (non-hydrogen) atoms. The molecule has 4 heterocycles. The summed E-state index contributed by atoms with van der Waals surface area (Å²) in [6, 6.07) is 6.96. The van der Waals surface area contributed by atoms with Crippen molar-refractivity contribution in [1.29, 1.82) is 0 Å². The maximum atomic E-state index is 12.1. The van der Waals surface area contributed by atoms with Gasteiger partial charge in [0, 0.05) is 64.5 Å². The number of rotatable bonds is 5. The summed E-state index contributed by atoms with van der Waals surface area (Å²) in [5, 5.41) is 3.29. The number of hydrogen-bond acceptors (Lipinski definition) is 6. The summed E-state index contributed by atoms with van der Waals surface area (Å²) < 4.78 is 0. The highest BCUT2D eigenvalue weighted by Gasteiger charge is 2.32. The molecule has 2 saturated heterocycles. The van der Waals surface area contributed by atoms with Crippen LogP contribution in [0.2, 0.25) is 0 Å². The number of nitrogens with one attached hydrogen (secondary N) is 1. The third-order valence-electron chi connectivity index (χ3n) is 7.54. The molecule has 1 aromatic carbocycles. The minimum Gasteiger partial charge on any atom is -0.373 e. The molecule has 7 nitrogen and oxygen atoms in total. The number of nitrogens with zero attached hydrogens (tertiary/aromatic N) is 5. The Morgan fingerprint density at radius 1 is 1.12 bits per heavy atom. The third kappa shape index (κ3) is 4.43. The fourth-order valence-corrected chi connectivity index (χ4v) is 5.68. The van der Waals surface area contributed by atoms with Crippen molar-refractivity contribution in [3.05, 3.63) is 46.4 Å². The first kappa shape index (κ1) is 22.1. The molecule has 2 fully saturated rings. The maximum absolute atomic E-state index is 12.1. The van der Waals surface area contributed by atoms with Crippen LogP contribution in [-0.4, -0.2) is 58.9 Å². The van der Waals surface area contributed by atoms with E-state index in [0.29, 0.717) is 0 Å². The molecule has 1 N–H and O–H groups in total. The van der Waals surface area contributed by atoms with Crippen LogP contribution in [0.1, 0.15) is 66.9 Å². The van der Waals surface area contributed by atoms with Gasteiger partial charge >= 0.3 is 0 Å². The van der Waals surface area contributed by atoms with E-state index in [4.69, 9.17) is 9.97 Å². The molecule has 1 atom stereocenters. The van der Waals surface area contributed by atoms with E-state index in [2.05, 4.69) is 40.2 Å². The van der Waals surface area contributed by atoms with E-state index in [0.717, 1.165) is 62.8 Å². The van der Waals surface area contributed by atoms with Crippen molar-refractivity contribution in [2.75, 3.05) is 43.4 Å². The number of aryl methyl sites for hydroxylation is 1. The van der Waals surface area contributed by atoms with E-state index < -0.39 is 0 Å². The molecule has 0 aliphatic carbocycles. The summed E-state index contributed by atoms with van der Waals surface area (Å²) in [6.45, 7) is 9.80. The van der Waals surface area contributed by atoms with Crippen molar-refractivity contribution in [3.63, 3.8) is 0 Å². The summed E-state index contributed by atoms with van der Waals surface area (Å²) in [5.74, 6) is 1.83. The Bertz CT molecular complexity index is 1030. The molecule has 2 aromatic rings. The van der Waals surface area contributed by atoms with Gasteiger partial charge in [0.25, 0.3) is 0 Å². The highest BCUT2D eigenvalue weighted by Crippen LogP contribution is 2.33. The van der Waals surface area contributed by atoms with Crippen molar-refractivity contribution < 1.29 is 4.79 Å². The molecule has 0 saturated carbocycles. The molecule has 1 unspecified atom stereocenters. The minimum absolute atomic E-state index is 0.00403. The van der Waals surface area contributed by atoms with E-state index in [-0.39, 0.29) is 11.9 Å². The van der Waals surface area contributed by atoms with Gasteiger partial charge in [0.2, 0.25) is 5.91 Å². The molecule has 1 aromatic heterocycles. The summed E-state index contributed by atoms with van der Waals surface area (Å²) >= 11 is 0. The van der Waals surface area contributed by atoms with Crippen molar-refractivity contribution in [2.45, 2.75) is 65.1 Å². The largest absolute Gasteiger partial charge is 0.373 e. The number of amides is 1. The molecule has 3 aliphatic rings. The molecule has 5 rings (SSSR count). The van der Waals surface area contributed by atoms with Gasteiger partial charge in [-0.2, -0.15) is 0 Å². The molecule has 3 aliphatic heterocycles. The van der Waals surface area contributed by atoms with Crippen LogP contribution in [0.5, 0.6) is 0 Å². The Hall–Kier alpha value is -2.67. The highest BCUT2D eigenvalue weighted by atomic mass is 16.2. The van der Waals surface area contributed by atoms with Gasteiger partial charge in [-0.3, -0.25) is 9.69 Å². The van der Waals surface area contributed by atoms with Gasteiger partial charge in [0.05, 0.1) is 11.7 Å². The molecule has 1 amide bonds. The van der Waals surface area contributed by atoms with Crippen LogP contribution in [0.25, 0.3) is 0 Å². The third-order valence-corrected chi connectivity index (χ3v) is 7.54. The van der Waals surface area contributed by atoms with Crippen LogP contribution in [0.3, 0.4) is 0 Å². The first-order valence-electron chi connectivity index (χ1n) is 12.4. The Kier molecular flexibility index (Phi) is 6.23. The SMILES string of the molecule is CNc1nc(C2CCCN2C(C)=O)nc2c1CCN(Cc1ccc(N3CCCC3)cc1C)C2. The second kappa shape index (κ2) is 9.29. The van der Waals surface area contributed by atoms with Crippen LogP contribution in [0.15, 0.2) is 18.2 Å². The van der Waals surface area contributed by atoms with Gasteiger partial charge in [-0.25, -0.2) is 9.97 Å². The average Bonchev–Trinajstić information content (AvgIpc) is 3.52. The van der Waals surface area contributed by atoms with E-state index >= 15 is 0 Å². The minimum atomic E-state index is -0.00403. The van der Waals surface area contributed by atoms with Crippen LogP contribution in [0, 0.1) is 6.92 Å². The number of fused-ring (bicyclic) bond motifs is 1. The summed E-state index contributed by atoms with van der Waals surface area (Å²) in [4.78, 5) is 28.9. The highest BCUT2D eigenvalue weighted by molar-refractivity contribution is 5.74. The number of likely N-dealkylation sites (tertiary alicyclic amines) is 1. The molecular weight excluding hydrogens is 412 g/mol. The lowest BCUT2D eigenvalue weighted by atomic mass is 10.0. The summed E-state index contributed by atoms with van der Waals surface area (Å²) in [5.41, 5.74) is 6.46. The second-order valence-electron chi connectivity index (χ2n) is 9.74. The molecular formula is C26H36N6O. The fourth-order valence-electron chi connectivity index (χ4n) is 5.68. The number of anilines is 2. The van der Waals surface area contributed by atoms with E-state index in [1.807, 2.05) is 11.9 Å². The summed E-state index contributed by atoms with van der Waals surface area (Å²) in [7, 11) is 1.93. The number of carbonyl (C=O) groups excluding carboxylic acids is 1. The average molecular weight is 449 g/mol. The van der Waals surface area contributed by atoms with Gasteiger partial charge in [-0.05, 0) is 62.3 Å². The summed E-state index contributed by atoms with van der Waals surface area (Å²) in [6.07, 6.45) is 5.50. The predicted octanol–water partition coefficient (Wildman–Crippen LogP) is 3.67. The Morgan fingerprint density at radius 2 is 1.94 bits per heavy atom. The normalized spacial score (nSPS) is 20.9. The fraction of sp³-hybridized carbons (Fsp3) is 0.577. The van der Waals surface area contributed by atoms with E-state index in [1.165, 1.54) is 48.3 Å². The molecule has 0 spiro atoms. The van der Waals surface area contributed by atoms with Gasteiger partial charge in [0.1, 0.15) is 5.82 Å². The topological polar surface area (TPSA) is 64.6 Å². The monoisotopic (exact) mass is 448 g/mol. The van der Waals surface area contributed by atoms with Crippen LogP contribution >= 0.6 is 0 Å². The van der Waals surface area contributed by atoms with Crippen LogP contribution in [-0.2, 0) is 24.3 Å². The van der Waals surface area contributed by atoms with Gasteiger partial charge in [-0.1, -0.05) is 6.07 Å². The molecule has 0 radical (unpaired) electrons. The Balaban J connectivity index is 1.35. The molecule has 176 valence electrons. The molecule has 7 heteroatoms. The quantitative estimate of drug-likeness (QED) is 0.753. The van der Waals surface area contributed by atoms with Crippen molar-refractivity contribution >= 4 is 17.4 Å². The Morgan fingerprint density at radius 3 is 2.67 bits per heavy atom. The zero-order valence-electron chi connectivity index (χ0n) is 20.2. The number of carbonyl (C=O) groups is 1. The Labute approximate surface area is 197 Å². The van der Waals surface area contributed by atoms with Gasteiger partial charge < -0.3 is 15.1 Å². The van der Waals surface area contributed by atoms with Gasteiger partial charge in [0.15, 0.2) is 5.82 Å². The first-order valence-corrected chi connectivity index (χ1v) is 12.4. The molecule has 0 bridgehead atoms. The number of hydrogen-bond donors (Lipinski definition) is 1. The van der Waals surface area contributed by atoms with Crippen molar-refractivity contribution in [3.8, 4) is 0 Å². The predicted molar refractivity (Wildman–Crippen MR) is 131 cm³/mol. The van der Waals surface area contributed by atoms with Crippen LogP contribution in [0.4, 0.5) is 11.5 Å². The van der Waals surface area contributed by atoms with Crippen molar-refractivity contribution in [1.82, 2.24) is 19.8 Å².